The summed E-state index contributed by atoms with van der Waals surface area (Å²) in [5.74, 6) is 0. The molecule has 0 aromatic heterocycles. The van der Waals surface area contributed by atoms with Crippen LogP contribution < -0.4 is 10.0 Å². The van der Waals surface area contributed by atoms with Crippen molar-refractivity contribution in [2.75, 3.05) is 24.9 Å². The summed E-state index contributed by atoms with van der Waals surface area (Å²) in [6, 6.07) is 6.07. The molecule has 0 radical (unpaired) electrons. The second-order valence-electron chi connectivity index (χ2n) is 5.11. The lowest BCUT2D eigenvalue weighted by molar-refractivity contribution is 0.457. The number of nitrogens with zero attached hydrogens (tertiary/aromatic N) is 1. The first kappa shape index (κ1) is 17.2. The minimum Gasteiger partial charge on any atom is -0.314 e. The molecule has 0 saturated heterocycles. The average Bonchev–Trinajstić information content (AvgIpc) is 3.23. The summed E-state index contributed by atoms with van der Waals surface area (Å²) < 4.78 is 29.9. The fourth-order valence-corrected chi connectivity index (χ4v) is 4.28. The fourth-order valence-electron chi connectivity index (χ4n) is 1.82. The van der Waals surface area contributed by atoms with E-state index in [9.17, 15) is 8.42 Å². The highest BCUT2D eigenvalue weighted by Crippen LogP contribution is 2.31. The SMILES string of the molecule is CN(CCCNC1CC1)S(=O)(=O)Nc1c(Br)cccc1Br. The van der Waals surface area contributed by atoms with E-state index in [0.29, 0.717) is 27.2 Å². The molecule has 1 fully saturated rings. The van der Waals surface area contributed by atoms with Gasteiger partial charge in [-0.2, -0.15) is 12.7 Å². The van der Waals surface area contributed by atoms with E-state index in [0.717, 1.165) is 13.0 Å². The molecule has 0 atom stereocenters. The van der Waals surface area contributed by atoms with E-state index in [1.54, 1.807) is 19.2 Å². The van der Waals surface area contributed by atoms with Gasteiger partial charge in [-0.05, 0) is 69.8 Å². The summed E-state index contributed by atoms with van der Waals surface area (Å²) in [6.07, 6.45) is 3.28. The molecule has 1 aromatic rings. The molecule has 5 nitrogen and oxygen atoms in total. The van der Waals surface area contributed by atoms with Crippen molar-refractivity contribution in [3.8, 4) is 0 Å². The van der Waals surface area contributed by atoms with Crippen molar-refractivity contribution in [1.29, 1.82) is 0 Å². The lowest BCUT2D eigenvalue weighted by Crippen LogP contribution is -2.34. The predicted molar refractivity (Wildman–Crippen MR) is 92.7 cm³/mol. The molecule has 2 rings (SSSR count). The summed E-state index contributed by atoms with van der Waals surface area (Å²) in [6.45, 7) is 1.33. The van der Waals surface area contributed by atoms with Gasteiger partial charge in [0.2, 0.25) is 0 Å². The van der Waals surface area contributed by atoms with E-state index in [2.05, 4.69) is 41.9 Å². The molecule has 1 aliphatic rings. The van der Waals surface area contributed by atoms with Crippen LogP contribution >= 0.6 is 31.9 Å². The summed E-state index contributed by atoms with van der Waals surface area (Å²) in [5, 5.41) is 3.37. The number of hydrogen-bond donors (Lipinski definition) is 2. The maximum atomic E-state index is 12.3. The molecule has 8 heteroatoms. The normalized spacial score (nSPS) is 15.4. The van der Waals surface area contributed by atoms with Crippen LogP contribution in [0.4, 0.5) is 5.69 Å². The fraction of sp³-hybridized carbons (Fsp3) is 0.538. The molecular weight excluding hydrogens is 422 g/mol. The number of nitrogens with one attached hydrogen (secondary N) is 2. The quantitative estimate of drug-likeness (QED) is 0.611. The van der Waals surface area contributed by atoms with Crippen LogP contribution in [-0.2, 0) is 10.2 Å². The predicted octanol–water partition coefficient (Wildman–Crippen LogP) is 2.94. The first-order valence-corrected chi connectivity index (χ1v) is 9.84. The molecule has 0 unspecified atom stereocenters. The molecule has 0 aliphatic heterocycles. The van der Waals surface area contributed by atoms with E-state index in [4.69, 9.17) is 0 Å². The zero-order valence-electron chi connectivity index (χ0n) is 11.8. The molecular formula is C13H19Br2N3O2S. The average molecular weight is 441 g/mol. The van der Waals surface area contributed by atoms with Gasteiger partial charge in [-0.1, -0.05) is 6.07 Å². The Hall–Kier alpha value is -0.150. The Labute approximate surface area is 142 Å². The zero-order chi connectivity index (χ0) is 15.5. The number of benzene rings is 1. The van der Waals surface area contributed by atoms with Crippen LogP contribution in [0, 0.1) is 0 Å². The van der Waals surface area contributed by atoms with Crippen molar-refractivity contribution in [3.63, 3.8) is 0 Å². The number of halogens is 2. The first-order chi connectivity index (χ1) is 9.90. The van der Waals surface area contributed by atoms with E-state index in [1.807, 2.05) is 6.07 Å². The summed E-state index contributed by atoms with van der Waals surface area (Å²) in [7, 11) is -1.96. The Bertz CT molecular complexity index is 571. The Morgan fingerprint density at radius 2 is 1.90 bits per heavy atom. The Morgan fingerprint density at radius 1 is 1.29 bits per heavy atom. The van der Waals surface area contributed by atoms with Crippen LogP contribution in [-0.4, -0.2) is 38.9 Å². The smallest absolute Gasteiger partial charge is 0.301 e. The number of rotatable bonds is 8. The van der Waals surface area contributed by atoms with Crippen LogP contribution in [0.3, 0.4) is 0 Å². The minimum atomic E-state index is -3.55. The molecule has 0 amide bonds. The molecule has 0 heterocycles. The van der Waals surface area contributed by atoms with Crippen molar-refractivity contribution in [3.05, 3.63) is 27.1 Å². The summed E-state index contributed by atoms with van der Waals surface area (Å²) in [5.41, 5.74) is 0.514. The molecule has 0 bridgehead atoms. The lowest BCUT2D eigenvalue weighted by atomic mass is 10.3. The van der Waals surface area contributed by atoms with Crippen molar-refractivity contribution in [2.24, 2.45) is 0 Å². The highest BCUT2D eigenvalue weighted by atomic mass is 79.9. The zero-order valence-corrected chi connectivity index (χ0v) is 15.8. The van der Waals surface area contributed by atoms with Crippen molar-refractivity contribution < 1.29 is 8.42 Å². The summed E-state index contributed by atoms with van der Waals surface area (Å²) in [4.78, 5) is 0. The minimum absolute atomic E-state index is 0.483. The first-order valence-electron chi connectivity index (χ1n) is 6.81. The second kappa shape index (κ2) is 7.41. The third kappa shape index (κ3) is 5.21. The van der Waals surface area contributed by atoms with Gasteiger partial charge in [-0.15, -0.1) is 0 Å². The maximum Gasteiger partial charge on any atom is 0.301 e. The van der Waals surface area contributed by atoms with Crippen molar-refractivity contribution >= 4 is 47.8 Å². The van der Waals surface area contributed by atoms with Crippen LogP contribution in [0.2, 0.25) is 0 Å². The van der Waals surface area contributed by atoms with Gasteiger partial charge in [0.15, 0.2) is 0 Å². The van der Waals surface area contributed by atoms with E-state index >= 15 is 0 Å². The molecule has 118 valence electrons. The molecule has 1 saturated carbocycles. The molecule has 0 spiro atoms. The van der Waals surface area contributed by atoms with Gasteiger partial charge in [0.1, 0.15) is 0 Å². The van der Waals surface area contributed by atoms with Crippen molar-refractivity contribution in [2.45, 2.75) is 25.3 Å². The molecule has 2 N–H and O–H groups in total. The third-order valence-corrected chi connectivity index (χ3v) is 6.05. The Morgan fingerprint density at radius 3 is 2.48 bits per heavy atom. The van der Waals surface area contributed by atoms with Gasteiger partial charge in [0.25, 0.3) is 0 Å². The molecule has 21 heavy (non-hydrogen) atoms. The highest BCUT2D eigenvalue weighted by molar-refractivity contribution is 9.11. The van der Waals surface area contributed by atoms with Gasteiger partial charge in [0, 0.05) is 28.6 Å². The molecule has 1 aromatic carbocycles. The van der Waals surface area contributed by atoms with Crippen LogP contribution in [0.5, 0.6) is 0 Å². The van der Waals surface area contributed by atoms with Crippen LogP contribution in [0.15, 0.2) is 27.1 Å². The van der Waals surface area contributed by atoms with Gasteiger partial charge >= 0.3 is 10.2 Å². The number of anilines is 1. The van der Waals surface area contributed by atoms with Gasteiger partial charge in [-0.3, -0.25) is 4.72 Å². The van der Waals surface area contributed by atoms with Crippen molar-refractivity contribution in [1.82, 2.24) is 9.62 Å². The van der Waals surface area contributed by atoms with Gasteiger partial charge < -0.3 is 5.32 Å². The van der Waals surface area contributed by atoms with Gasteiger partial charge in [-0.25, -0.2) is 0 Å². The van der Waals surface area contributed by atoms with Crippen LogP contribution in [0.25, 0.3) is 0 Å². The standard InChI is InChI=1S/C13H19Br2N3O2S/c1-18(9-3-8-16-10-6-7-10)21(19,20)17-13-11(14)4-2-5-12(13)15/h2,4-5,10,16-17H,3,6-9H2,1H3. The number of para-hydroxylation sites is 1. The highest BCUT2D eigenvalue weighted by Gasteiger charge is 2.21. The largest absolute Gasteiger partial charge is 0.314 e. The Balaban J connectivity index is 1.90. The maximum absolute atomic E-state index is 12.3. The Kier molecular flexibility index (Phi) is 6.07. The lowest BCUT2D eigenvalue weighted by Gasteiger charge is -2.19. The summed E-state index contributed by atoms with van der Waals surface area (Å²) >= 11 is 6.70. The third-order valence-electron chi connectivity index (χ3n) is 3.26. The van der Waals surface area contributed by atoms with Crippen LogP contribution in [0.1, 0.15) is 19.3 Å². The topological polar surface area (TPSA) is 61.4 Å². The monoisotopic (exact) mass is 439 g/mol. The second-order valence-corrected chi connectivity index (χ2v) is 8.59. The number of hydrogen-bond acceptors (Lipinski definition) is 3. The van der Waals surface area contributed by atoms with E-state index in [-0.39, 0.29) is 0 Å². The van der Waals surface area contributed by atoms with Gasteiger partial charge in [0.05, 0.1) is 5.69 Å². The van der Waals surface area contributed by atoms with E-state index in [1.165, 1.54) is 17.1 Å². The van der Waals surface area contributed by atoms with E-state index < -0.39 is 10.2 Å². The molecule has 1 aliphatic carbocycles.